The summed E-state index contributed by atoms with van der Waals surface area (Å²) in [4.78, 5) is 11.7. The van der Waals surface area contributed by atoms with Gasteiger partial charge in [-0.25, -0.2) is 18.2 Å². The lowest BCUT2D eigenvalue weighted by Crippen LogP contribution is -2.46. The lowest BCUT2D eigenvalue weighted by molar-refractivity contribution is -0.133. The van der Waals surface area contributed by atoms with Gasteiger partial charge in [-0.3, -0.25) is 4.79 Å². The average molecular weight is 433 g/mol. The zero-order valence-corrected chi connectivity index (χ0v) is 17.3. The third-order valence-corrected chi connectivity index (χ3v) is 7.30. The van der Waals surface area contributed by atoms with Gasteiger partial charge in [0.1, 0.15) is 15.7 Å². The number of hydrogen-bond donors (Lipinski definition) is 1. The number of nitrogens with two attached hydrogens (primary N) is 1. The van der Waals surface area contributed by atoms with Crippen molar-refractivity contribution in [3.8, 4) is 0 Å². The Bertz CT molecular complexity index is 1030. The molecule has 8 heteroatoms. The van der Waals surface area contributed by atoms with Gasteiger partial charge in [0.25, 0.3) is 0 Å². The van der Waals surface area contributed by atoms with Crippen molar-refractivity contribution in [2.24, 2.45) is 16.8 Å². The minimum absolute atomic E-state index is 0.0778. The van der Waals surface area contributed by atoms with Crippen LogP contribution in [0.25, 0.3) is 0 Å². The molecule has 1 heterocycles. The molecule has 4 rings (SSSR count). The van der Waals surface area contributed by atoms with Gasteiger partial charge in [-0.05, 0) is 79.6 Å². The van der Waals surface area contributed by atoms with Crippen LogP contribution in [0.1, 0.15) is 42.9 Å². The topological polar surface area (TPSA) is 58.7 Å². The van der Waals surface area contributed by atoms with Crippen LogP contribution in [0.15, 0.2) is 41.5 Å². The molecule has 0 unspecified atom stereocenters. The maximum absolute atomic E-state index is 14.4. The first kappa shape index (κ1) is 20.9. The number of thioether (sulfide) groups is 1. The molecule has 2 atom stereocenters. The molecule has 2 aromatic carbocycles. The molecule has 0 aromatic heterocycles. The van der Waals surface area contributed by atoms with E-state index in [2.05, 4.69) is 5.10 Å². The largest absolute Gasteiger partial charge is 0.330 e. The number of amides is 1. The summed E-state index contributed by atoms with van der Waals surface area (Å²) in [5.41, 5.74) is 7.92. The molecule has 0 radical (unpaired) electrons. The van der Waals surface area contributed by atoms with E-state index in [4.69, 9.17) is 5.73 Å². The number of rotatable bonds is 3. The summed E-state index contributed by atoms with van der Waals surface area (Å²) in [5.74, 6) is -2.72. The molecule has 4 nitrogen and oxygen atoms in total. The lowest BCUT2D eigenvalue weighted by atomic mass is 9.86. The second-order valence-electron chi connectivity index (χ2n) is 7.63. The molecule has 0 saturated carbocycles. The average Bonchev–Trinajstić information content (AvgIpc) is 3.05. The van der Waals surface area contributed by atoms with Crippen LogP contribution in [0.5, 0.6) is 0 Å². The first-order valence-corrected chi connectivity index (χ1v) is 10.7. The minimum Gasteiger partial charge on any atom is -0.330 e. The van der Waals surface area contributed by atoms with Gasteiger partial charge in [-0.1, -0.05) is 17.8 Å². The predicted octanol–water partition coefficient (Wildman–Crippen LogP) is 4.52. The third kappa shape index (κ3) is 3.41. The first-order chi connectivity index (χ1) is 14.4. The summed E-state index contributed by atoms with van der Waals surface area (Å²) >= 11 is 1.29. The second kappa shape index (κ2) is 8.07. The van der Waals surface area contributed by atoms with Gasteiger partial charge in [0.15, 0.2) is 11.6 Å². The molecule has 2 aliphatic rings. The number of hydrazone groups is 1. The summed E-state index contributed by atoms with van der Waals surface area (Å²) in [6.07, 6.45) is 3.03. The van der Waals surface area contributed by atoms with Gasteiger partial charge in [-0.2, -0.15) is 5.10 Å². The molecule has 30 heavy (non-hydrogen) atoms. The van der Waals surface area contributed by atoms with Crippen molar-refractivity contribution in [1.82, 2.24) is 5.01 Å². The van der Waals surface area contributed by atoms with Gasteiger partial charge in [0, 0.05) is 12.5 Å². The number of halogens is 3. The summed E-state index contributed by atoms with van der Waals surface area (Å²) in [7, 11) is 0. The molecular weight excluding hydrogens is 411 g/mol. The summed E-state index contributed by atoms with van der Waals surface area (Å²) < 4.78 is 41.7. The van der Waals surface area contributed by atoms with E-state index in [0.29, 0.717) is 29.1 Å². The maximum Gasteiger partial charge on any atom is 0.241 e. The van der Waals surface area contributed by atoms with Crippen molar-refractivity contribution < 1.29 is 18.0 Å². The Labute approximate surface area is 177 Å². The Morgan fingerprint density at radius 3 is 2.73 bits per heavy atom. The zero-order valence-electron chi connectivity index (χ0n) is 16.5. The molecule has 158 valence electrons. The molecule has 2 N–H and O–H groups in total. The number of carbonyl (C=O) groups is 1. The molecule has 1 aliphatic heterocycles. The van der Waals surface area contributed by atoms with E-state index in [1.165, 1.54) is 41.9 Å². The zero-order chi connectivity index (χ0) is 21.5. The van der Waals surface area contributed by atoms with Crippen LogP contribution in [0.2, 0.25) is 0 Å². The van der Waals surface area contributed by atoms with Crippen molar-refractivity contribution in [2.75, 3.05) is 6.54 Å². The van der Waals surface area contributed by atoms with E-state index in [0.717, 1.165) is 37.0 Å². The highest BCUT2D eigenvalue weighted by molar-refractivity contribution is 8.15. The molecule has 1 amide bonds. The molecule has 0 bridgehead atoms. The molecule has 2 aromatic rings. The van der Waals surface area contributed by atoms with E-state index >= 15 is 0 Å². The van der Waals surface area contributed by atoms with Crippen LogP contribution in [0.4, 0.5) is 13.2 Å². The molecule has 0 fully saturated rings. The Morgan fingerprint density at radius 2 is 2.03 bits per heavy atom. The number of fused-ring (bicyclic) bond motifs is 2. The van der Waals surface area contributed by atoms with Crippen molar-refractivity contribution in [3.05, 3.63) is 70.5 Å². The molecule has 1 spiro atoms. The van der Waals surface area contributed by atoms with Gasteiger partial charge in [-0.15, -0.1) is 0 Å². The number of nitrogens with zero attached hydrogens (tertiary/aromatic N) is 2. The van der Waals surface area contributed by atoms with Crippen LogP contribution >= 0.6 is 11.8 Å². The summed E-state index contributed by atoms with van der Waals surface area (Å²) in [6, 6.07) is 8.18. The fourth-order valence-electron chi connectivity index (χ4n) is 4.45. The third-order valence-electron chi connectivity index (χ3n) is 5.75. The predicted molar refractivity (Wildman–Crippen MR) is 111 cm³/mol. The van der Waals surface area contributed by atoms with Gasteiger partial charge in [0.2, 0.25) is 5.91 Å². The van der Waals surface area contributed by atoms with E-state index in [9.17, 15) is 18.0 Å². The standard InChI is InChI=1S/C22H22F3N3OS/c1-13(29)28-22(30-21(27-28)15-6-8-19(24)20(25)11-15)16(9-10-26)4-2-3-14-5-7-17(23)12-18(14)22/h5-8,11-12,16H,2-4,9-10,26H2,1H3/t16-,22+/m0/s1. The Morgan fingerprint density at radius 1 is 1.23 bits per heavy atom. The SMILES string of the molecule is CC(=O)N1N=C(c2ccc(F)c(F)c2)S[C@]12c1cc(F)ccc1CCC[C@H]2CCN. The Kier molecular flexibility index (Phi) is 5.63. The number of hydrogen-bond acceptors (Lipinski definition) is 4. The Hall–Kier alpha value is -2.32. The lowest BCUT2D eigenvalue weighted by Gasteiger charge is -2.41. The number of carbonyl (C=O) groups excluding carboxylic acids is 1. The van der Waals surface area contributed by atoms with Gasteiger partial charge in [0.05, 0.1) is 0 Å². The van der Waals surface area contributed by atoms with E-state index < -0.39 is 22.3 Å². The smallest absolute Gasteiger partial charge is 0.241 e. The first-order valence-electron chi connectivity index (χ1n) is 9.89. The number of aryl methyl sites for hydroxylation is 1. The highest BCUT2D eigenvalue weighted by Gasteiger charge is 2.54. The molecular formula is C22H22F3N3OS. The summed E-state index contributed by atoms with van der Waals surface area (Å²) in [5, 5.41) is 6.30. The van der Waals surface area contributed by atoms with E-state index in [1.54, 1.807) is 6.07 Å². The van der Waals surface area contributed by atoms with Crippen LogP contribution in [0, 0.1) is 23.4 Å². The normalized spacial score (nSPS) is 23.3. The van der Waals surface area contributed by atoms with Gasteiger partial charge >= 0.3 is 0 Å². The van der Waals surface area contributed by atoms with Crippen molar-refractivity contribution in [3.63, 3.8) is 0 Å². The highest BCUT2D eigenvalue weighted by Crippen LogP contribution is 2.56. The highest BCUT2D eigenvalue weighted by atomic mass is 32.2. The van der Waals surface area contributed by atoms with Gasteiger partial charge < -0.3 is 5.73 Å². The molecule has 0 saturated heterocycles. The Balaban J connectivity index is 1.91. The van der Waals surface area contributed by atoms with Crippen molar-refractivity contribution in [1.29, 1.82) is 0 Å². The second-order valence-corrected chi connectivity index (χ2v) is 8.84. The van der Waals surface area contributed by atoms with Crippen LogP contribution in [-0.2, 0) is 16.1 Å². The van der Waals surface area contributed by atoms with E-state index in [-0.39, 0.29) is 11.8 Å². The van der Waals surface area contributed by atoms with Crippen LogP contribution < -0.4 is 5.73 Å². The fourth-order valence-corrected chi connectivity index (χ4v) is 6.07. The number of benzene rings is 2. The quantitative estimate of drug-likeness (QED) is 0.775. The van der Waals surface area contributed by atoms with Crippen LogP contribution in [-0.4, -0.2) is 22.5 Å². The summed E-state index contributed by atoms with van der Waals surface area (Å²) in [6.45, 7) is 1.81. The molecule has 1 aliphatic carbocycles. The fraction of sp³-hybridized carbons (Fsp3) is 0.364. The maximum atomic E-state index is 14.4. The monoisotopic (exact) mass is 433 g/mol. The van der Waals surface area contributed by atoms with Crippen molar-refractivity contribution in [2.45, 2.75) is 37.5 Å². The minimum atomic E-state index is -0.989. The van der Waals surface area contributed by atoms with Crippen LogP contribution in [0.3, 0.4) is 0 Å². The van der Waals surface area contributed by atoms with Crippen molar-refractivity contribution >= 4 is 22.7 Å². The van der Waals surface area contributed by atoms with E-state index in [1.807, 2.05) is 0 Å².